The summed E-state index contributed by atoms with van der Waals surface area (Å²) in [5.74, 6) is 0. The molecule has 0 saturated carbocycles. The van der Waals surface area contributed by atoms with Crippen LogP contribution in [0.3, 0.4) is 0 Å². The zero-order valence-electron chi connectivity index (χ0n) is 7.50. The molecule has 0 aliphatic carbocycles. The topological polar surface area (TPSA) is 48.1 Å². The van der Waals surface area contributed by atoms with E-state index in [9.17, 15) is 10.1 Å². The van der Waals surface area contributed by atoms with Gasteiger partial charge in [-0.25, -0.2) is 0 Å². The van der Waals surface area contributed by atoms with E-state index >= 15 is 0 Å². The van der Waals surface area contributed by atoms with Crippen molar-refractivity contribution in [3.05, 3.63) is 27.6 Å². The predicted molar refractivity (Wildman–Crippen MR) is 46.2 cm³/mol. The maximum atomic E-state index is 10.5. The van der Waals surface area contributed by atoms with Crippen LogP contribution >= 0.6 is 0 Å². The molecule has 0 unspecified atom stereocenters. The van der Waals surface area contributed by atoms with Gasteiger partial charge in [0.25, 0.3) is 5.69 Å². The van der Waals surface area contributed by atoms with Crippen LogP contribution in [0.5, 0.6) is 0 Å². The Morgan fingerprint density at radius 3 is 2.58 bits per heavy atom. The van der Waals surface area contributed by atoms with Crippen LogP contribution in [0.25, 0.3) is 0 Å². The number of hydrogen-bond donors (Lipinski definition) is 0. The Balaban J connectivity index is 3.29. The molecule has 0 atom stereocenters. The molecular weight excluding hydrogens is 156 g/mol. The largest absolute Gasteiger partial charge is 0.348 e. The Labute approximate surface area is 71.0 Å². The average Bonchev–Trinajstić information content (AvgIpc) is 2.29. The van der Waals surface area contributed by atoms with Crippen molar-refractivity contribution in [1.29, 1.82) is 0 Å². The predicted octanol–water partition coefficient (Wildman–Crippen LogP) is 1.80. The van der Waals surface area contributed by atoms with Crippen molar-refractivity contribution < 1.29 is 4.92 Å². The fraction of sp³-hybridized carbons (Fsp3) is 0.500. The summed E-state index contributed by atoms with van der Waals surface area (Å²) in [6.45, 7) is 3.82. The maximum Gasteiger partial charge on any atom is 0.290 e. The number of nitrogens with zero attached hydrogens (tertiary/aromatic N) is 2. The molecule has 66 valence electrons. The molecule has 1 heterocycles. The fourth-order valence-corrected chi connectivity index (χ4v) is 1.35. The highest BCUT2D eigenvalue weighted by atomic mass is 16.6. The minimum absolute atomic E-state index is 0.234. The van der Waals surface area contributed by atoms with Crippen molar-refractivity contribution in [3.63, 3.8) is 0 Å². The smallest absolute Gasteiger partial charge is 0.290 e. The van der Waals surface area contributed by atoms with Crippen LogP contribution in [0.2, 0.25) is 0 Å². The summed E-state index contributed by atoms with van der Waals surface area (Å²) in [6.07, 6.45) is 2.27. The molecule has 0 bridgehead atoms. The van der Waals surface area contributed by atoms with E-state index in [4.69, 9.17) is 0 Å². The van der Waals surface area contributed by atoms with Gasteiger partial charge in [-0.3, -0.25) is 10.1 Å². The van der Waals surface area contributed by atoms with Gasteiger partial charge in [-0.2, -0.15) is 0 Å². The van der Waals surface area contributed by atoms with E-state index in [2.05, 4.69) is 0 Å². The number of hydrogen-bond acceptors (Lipinski definition) is 2. The molecule has 0 fully saturated rings. The lowest BCUT2D eigenvalue weighted by Gasteiger charge is -1.95. The summed E-state index contributed by atoms with van der Waals surface area (Å²) < 4.78 is 1.79. The summed E-state index contributed by atoms with van der Waals surface area (Å²) >= 11 is 0. The van der Waals surface area contributed by atoms with Gasteiger partial charge in [0.2, 0.25) is 0 Å². The Bertz CT molecular complexity index is 315. The quantitative estimate of drug-likeness (QED) is 0.499. The summed E-state index contributed by atoms with van der Waals surface area (Å²) in [6, 6.07) is 0. The van der Waals surface area contributed by atoms with Gasteiger partial charge in [0.15, 0.2) is 0 Å². The zero-order valence-corrected chi connectivity index (χ0v) is 7.50. The van der Waals surface area contributed by atoms with Crippen LogP contribution in [0.4, 0.5) is 5.69 Å². The highest BCUT2D eigenvalue weighted by Gasteiger charge is 2.17. The molecule has 0 radical (unpaired) electrons. The van der Waals surface area contributed by atoms with Crippen molar-refractivity contribution in [1.82, 2.24) is 4.57 Å². The van der Waals surface area contributed by atoms with Crippen molar-refractivity contribution in [2.24, 2.45) is 7.05 Å². The minimum atomic E-state index is -0.328. The lowest BCUT2D eigenvalue weighted by atomic mass is 10.2. The van der Waals surface area contributed by atoms with E-state index in [0.29, 0.717) is 6.42 Å². The highest BCUT2D eigenvalue weighted by molar-refractivity contribution is 5.43. The van der Waals surface area contributed by atoms with E-state index in [1.165, 1.54) is 0 Å². The molecule has 12 heavy (non-hydrogen) atoms. The Kier molecular flexibility index (Phi) is 2.17. The molecule has 0 N–H and O–H groups in total. The second kappa shape index (κ2) is 2.97. The molecule has 1 aromatic heterocycles. The lowest BCUT2D eigenvalue weighted by Crippen LogP contribution is -1.91. The first-order valence-electron chi connectivity index (χ1n) is 3.87. The van der Waals surface area contributed by atoms with Crippen LogP contribution in [-0.4, -0.2) is 9.49 Å². The van der Waals surface area contributed by atoms with Gasteiger partial charge in [0.1, 0.15) is 0 Å². The minimum Gasteiger partial charge on any atom is -0.348 e. The monoisotopic (exact) mass is 168 g/mol. The van der Waals surface area contributed by atoms with Gasteiger partial charge in [-0.1, -0.05) is 6.92 Å². The molecule has 0 spiro atoms. The molecule has 1 rings (SSSR count). The third-order valence-corrected chi connectivity index (χ3v) is 2.14. The summed E-state index contributed by atoms with van der Waals surface area (Å²) in [5.41, 5.74) is 2.05. The molecular formula is C8H12N2O2. The molecule has 0 aliphatic rings. The molecule has 0 amide bonds. The van der Waals surface area contributed by atoms with Gasteiger partial charge in [0, 0.05) is 12.7 Å². The second-order valence-electron chi connectivity index (χ2n) is 2.80. The summed E-state index contributed by atoms with van der Waals surface area (Å²) in [4.78, 5) is 10.2. The first-order valence-corrected chi connectivity index (χ1v) is 3.87. The van der Waals surface area contributed by atoms with Gasteiger partial charge in [-0.15, -0.1) is 0 Å². The molecule has 4 nitrogen and oxygen atoms in total. The molecule has 0 saturated heterocycles. The summed E-state index contributed by atoms with van der Waals surface area (Å²) in [7, 11) is 1.82. The SMILES string of the molecule is CCc1c([N+](=O)[O-])cn(C)c1C. The van der Waals surface area contributed by atoms with Crippen LogP contribution in [0.15, 0.2) is 6.20 Å². The first kappa shape index (κ1) is 8.77. The number of aryl methyl sites for hydroxylation is 1. The number of aromatic nitrogens is 1. The second-order valence-corrected chi connectivity index (χ2v) is 2.80. The Morgan fingerprint density at radius 2 is 2.25 bits per heavy atom. The Hall–Kier alpha value is -1.32. The molecule has 4 heteroatoms. The zero-order chi connectivity index (χ0) is 9.30. The first-order chi connectivity index (χ1) is 5.57. The normalized spacial score (nSPS) is 10.2. The van der Waals surface area contributed by atoms with Crippen LogP contribution in [0.1, 0.15) is 18.2 Å². The maximum absolute atomic E-state index is 10.5. The Morgan fingerprint density at radius 1 is 1.67 bits per heavy atom. The summed E-state index contributed by atoms with van der Waals surface area (Å²) in [5, 5.41) is 10.5. The molecule has 0 aromatic carbocycles. The van der Waals surface area contributed by atoms with E-state index in [1.54, 1.807) is 10.8 Å². The molecule has 1 aromatic rings. The van der Waals surface area contributed by atoms with E-state index in [-0.39, 0.29) is 10.6 Å². The third-order valence-electron chi connectivity index (χ3n) is 2.14. The third kappa shape index (κ3) is 1.20. The van der Waals surface area contributed by atoms with Crippen molar-refractivity contribution in [2.75, 3.05) is 0 Å². The average molecular weight is 168 g/mol. The highest BCUT2D eigenvalue weighted by Crippen LogP contribution is 2.23. The van der Waals surface area contributed by atoms with Gasteiger partial charge < -0.3 is 4.57 Å². The fourth-order valence-electron chi connectivity index (χ4n) is 1.35. The van der Waals surface area contributed by atoms with Crippen LogP contribution in [0, 0.1) is 17.0 Å². The van der Waals surface area contributed by atoms with Crippen LogP contribution in [-0.2, 0) is 13.5 Å². The molecule has 0 aliphatic heterocycles. The van der Waals surface area contributed by atoms with E-state index in [1.807, 2.05) is 20.9 Å². The van der Waals surface area contributed by atoms with Gasteiger partial charge in [0.05, 0.1) is 16.7 Å². The van der Waals surface area contributed by atoms with Gasteiger partial charge in [-0.05, 0) is 13.3 Å². The van der Waals surface area contributed by atoms with Crippen molar-refractivity contribution in [2.45, 2.75) is 20.3 Å². The van der Waals surface area contributed by atoms with Crippen LogP contribution < -0.4 is 0 Å². The van der Waals surface area contributed by atoms with Crippen molar-refractivity contribution in [3.8, 4) is 0 Å². The van der Waals surface area contributed by atoms with Gasteiger partial charge >= 0.3 is 0 Å². The van der Waals surface area contributed by atoms with E-state index in [0.717, 1.165) is 11.3 Å². The van der Waals surface area contributed by atoms with Crippen molar-refractivity contribution >= 4 is 5.69 Å². The van der Waals surface area contributed by atoms with E-state index < -0.39 is 0 Å². The lowest BCUT2D eigenvalue weighted by molar-refractivity contribution is -0.385. The number of nitro groups is 1. The number of rotatable bonds is 2. The standard InChI is InChI=1S/C8H12N2O2/c1-4-7-6(2)9(3)5-8(7)10(11)12/h5H,4H2,1-3H3.